The Hall–Kier alpha value is -2.11. The van der Waals surface area contributed by atoms with Gasteiger partial charge in [-0.1, -0.05) is 37.6 Å². The van der Waals surface area contributed by atoms with Crippen LogP contribution in [0.25, 0.3) is 16.8 Å². The zero-order chi connectivity index (χ0) is 20.8. The van der Waals surface area contributed by atoms with Crippen molar-refractivity contribution in [2.45, 2.75) is 47.0 Å². The Morgan fingerprint density at radius 3 is 2.38 bits per heavy atom. The fourth-order valence-electron chi connectivity index (χ4n) is 3.96. The zero-order valence-electron chi connectivity index (χ0n) is 18.1. The Morgan fingerprint density at radius 1 is 1.03 bits per heavy atom. The van der Waals surface area contributed by atoms with Crippen LogP contribution in [0.5, 0.6) is 0 Å². The highest BCUT2D eigenvalue weighted by molar-refractivity contribution is 6.30. The van der Waals surface area contributed by atoms with Gasteiger partial charge in [0.1, 0.15) is 5.82 Å². The van der Waals surface area contributed by atoms with E-state index in [9.17, 15) is 0 Å². The molecule has 2 aromatic heterocycles. The van der Waals surface area contributed by atoms with E-state index >= 15 is 0 Å². The molecule has 29 heavy (non-hydrogen) atoms. The molecule has 3 aromatic rings. The van der Waals surface area contributed by atoms with Crippen LogP contribution in [0.4, 0.5) is 5.82 Å². The molecule has 2 N–H and O–H groups in total. The van der Waals surface area contributed by atoms with Crippen LogP contribution in [0, 0.1) is 13.8 Å². The lowest BCUT2D eigenvalue weighted by Crippen LogP contribution is -3.12. The Balaban J connectivity index is 1.79. The molecule has 2 heterocycles. The number of aryl methyl sites for hydroxylation is 2. The molecule has 0 aliphatic carbocycles. The van der Waals surface area contributed by atoms with Gasteiger partial charge in [-0.15, -0.1) is 0 Å². The van der Waals surface area contributed by atoms with E-state index in [-0.39, 0.29) is 0 Å². The zero-order valence-corrected chi connectivity index (χ0v) is 18.8. The Bertz CT molecular complexity index is 927. The molecular weight excluding hydrogens is 382 g/mol. The van der Waals surface area contributed by atoms with Gasteiger partial charge in [0, 0.05) is 35.3 Å². The fourth-order valence-corrected chi connectivity index (χ4v) is 4.09. The lowest BCUT2D eigenvalue weighted by molar-refractivity contribution is -0.900. The summed E-state index contributed by atoms with van der Waals surface area (Å²) in [6.45, 7) is 13.3. The number of hydrogen-bond acceptors (Lipinski definition) is 3. The Kier molecular flexibility index (Phi) is 7.51. The first-order chi connectivity index (χ1) is 14.0. The van der Waals surface area contributed by atoms with E-state index in [0.29, 0.717) is 0 Å². The van der Waals surface area contributed by atoms with Crippen LogP contribution in [0.2, 0.25) is 5.02 Å². The van der Waals surface area contributed by atoms with Gasteiger partial charge < -0.3 is 10.2 Å². The summed E-state index contributed by atoms with van der Waals surface area (Å²) in [6.07, 6.45) is 3.63. The van der Waals surface area contributed by atoms with Crippen LogP contribution < -0.4 is 10.2 Å². The smallest absolute Gasteiger partial charge is 0.165 e. The second kappa shape index (κ2) is 10.1. The minimum atomic E-state index is 0.733. The third-order valence-corrected chi connectivity index (χ3v) is 5.50. The number of nitrogens with zero attached hydrogens (tertiary/aromatic N) is 3. The molecule has 6 heteroatoms. The normalized spacial score (nSPS) is 11.5. The lowest BCUT2D eigenvalue weighted by Gasteiger charge is -2.18. The molecule has 3 rings (SSSR count). The maximum absolute atomic E-state index is 6.07. The number of nitrogens with one attached hydrogen (secondary N) is 2. The van der Waals surface area contributed by atoms with Gasteiger partial charge in [-0.05, 0) is 44.4 Å². The molecule has 156 valence electrons. The van der Waals surface area contributed by atoms with Gasteiger partial charge in [-0.2, -0.15) is 9.61 Å². The van der Waals surface area contributed by atoms with E-state index in [2.05, 4.69) is 25.2 Å². The van der Waals surface area contributed by atoms with Crippen molar-refractivity contribution in [3.05, 3.63) is 46.7 Å². The molecule has 0 unspecified atom stereocenters. The van der Waals surface area contributed by atoms with Gasteiger partial charge in [-0.25, -0.2) is 4.98 Å². The van der Waals surface area contributed by atoms with Crippen LogP contribution in [-0.2, 0) is 0 Å². The van der Waals surface area contributed by atoms with Crippen molar-refractivity contribution in [1.82, 2.24) is 14.6 Å². The van der Waals surface area contributed by atoms with Crippen molar-refractivity contribution < 1.29 is 4.90 Å². The van der Waals surface area contributed by atoms with Crippen molar-refractivity contribution in [1.29, 1.82) is 0 Å². The van der Waals surface area contributed by atoms with Gasteiger partial charge >= 0.3 is 0 Å². The molecular formula is C23H33ClN5+. The van der Waals surface area contributed by atoms with E-state index in [1.165, 1.54) is 32.5 Å². The summed E-state index contributed by atoms with van der Waals surface area (Å²) < 4.78 is 1.94. The fraction of sp³-hybridized carbons (Fsp3) is 0.478. The molecule has 0 spiro atoms. The summed E-state index contributed by atoms with van der Waals surface area (Å²) in [6, 6.07) is 9.96. The highest BCUT2D eigenvalue weighted by Gasteiger charge is 2.16. The summed E-state index contributed by atoms with van der Waals surface area (Å²) >= 11 is 6.07. The largest absolute Gasteiger partial charge is 0.370 e. The Labute approximate surface area is 179 Å². The van der Waals surface area contributed by atoms with Gasteiger partial charge in [-0.3, -0.25) is 0 Å². The van der Waals surface area contributed by atoms with Crippen molar-refractivity contribution in [3.8, 4) is 11.1 Å². The van der Waals surface area contributed by atoms with Crippen LogP contribution in [-0.4, -0.2) is 40.8 Å². The number of hydrogen-bond donors (Lipinski definition) is 2. The van der Waals surface area contributed by atoms with Crippen LogP contribution in [0.15, 0.2) is 30.3 Å². The average Bonchev–Trinajstić information content (AvgIpc) is 3.02. The van der Waals surface area contributed by atoms with E-state index in [4.69, 9.17) is 21.7 Å². The maximum atomic E-state index is 6.07. The summed E-state index contributed by atoms with van der Waals surface area (Å²) in [5, 5.41) is 9.11. The van der Waals surface area contributed by atoms with Crippen LogP contribution >= 0.6 is 11.6 Å². The SMILES string of the molecule is CCC[NH+](CCC)CCCNc1cc(C)nc2c(-c3ccc(Cl)cc3)c(C)nn12. The Morgan fingerprint density at radius 2 is 1.72 bits per heavy atom. The van der Waals surface area contributed by atoms with Gasteiger partial charge in [0.15, 0.2) is 5.65 Å². The van der Waals surface area contributed by atoms with E-state index in [0.717, 1.165) is 52.0 Å². The number of anilines is 1. The van der Waals surface area contributed by atoms with Crippen LogP contribution in [0.1, 0.15) is 44.5 Å². The average molecular weight is 415 g/mol. The first-order valence-electron chi connectivity index (χ1n) is 10.7. The number of benzene rings is 1. The summed E-state index contributed by atoms with van der Waals surface area (Å²) in [5.41, 5.74) is 4.99. The van der Waals surface area contributed by atoms with Crippen molar-refractivity contribution in [2.24, 2.45) is 0 Å². The molecule has 0 aliphatic rings. The molecule has 0 atom stereocenters. The third kappa shape index (κ3) is 5.28. The second-order valence-electron chi connectivity index (χ2n) is 7.77. The van der Waals surface area contributed by atoms with E-state index in [1.54, 1.807) is 4.90 Å². The second-order valence-corrected chi connectivity index (χ2v) is 8.20. The minimum absolute atomic E-state index is 0.733. The number of rotatable bonds is 10. The third-order valence-electron chi connectivity index (χ3n) is 5.25. The first-order valence-corrected chi connectivity index (χ1v) is 11.1. The summed E-state index contributed by atoms with van der Waals surface area (Å²) in [4.78, 5) is 6.49. The molecule has 0 amide bonds. The van der Waals surface area contributed by atoms with Crippen molar-refractivity contribution in [3.63, 3.8) is 0 Å². The van der Waals surface area contributed by atoms with E-state index in [1.807, 2.05) is 42.6 Å². The molecule has 0 aliphatic heterocycles. The highest BCUT2D eigenvalue weighted by atomic mass is 35.5. The molecule has 5 nitrogen and oxygen atoms in total. The summed E-state index contributed by atoms with van der Waals surface area (Å²) in [5.74, 6) is 1.00. The van der Waals surface area contributed by atoms with Crippen molar-refractivity contribution in [2.75, 3.05) is 31.5 Å². The predicted octanol–water partition coefficient (Wildman–Crippen LogP) is 4.17. The molecule has 1 aromatic carbocycles. The van der Waals surface area contributed by atoms with Gasteiger partial charge in [0.2, 0.25) is 0 Å². The number of halogens is 1. The molecule has 0 radical (unpaired) electrons. The number of quaternary nitrogens is 1. The lowest BCUT2D eigenvalue weighted by atomic mass is 10.1. The first kappa shape index (κ1) is 21.6. The van der Waals surface area contributed by atoms with Crippen molar-refractivity contribution >= 4 is 23.1 Å². The standard InChI is InChI=1S/C23H32ClN5/c1-5-13-28(14-6-2)15-7-12-25-21-16-17(3)26-23-22(18(4)27-29(21)23)19-8-10-20(24)11-9-19/h8-11,16,25H,5-7,12-15H2,1-4H3/p+1. The molecule has 0 saturated heterocycles. The molecule has 0 fully saturated rings. The topological polar surface area (TPSA) is 46.7 Å². The van der Waals surface area contributed by atoms with Crippen LogP contribution in [0.3, 0.4) is 0 Å². The maximum Gasteiger partial charge on any atom is 0.165 e. The highest BCUT2D eigenvalue weighted by Crippen LogP contribution is 2.30. The number of fused-ring (bicyclic) bond motifs is 1. The quantitative estimate of drug-likeness (QED) is 0.489. The van der Waals surface area contributed by atoms with E-state index < -0.39 is 0 Å². The molecule has 0 saturated carbocycles. The molecule has 0 bridgehead atoms. The van der Waals surface area contributed by atoms with Gasteiger partial charge in [0.05, 0.1) is 25.3 Å². The summed E-state index contributed by atoms with van der Waals surface area (Å²) in [7, 11) is 0. The number of aromatic nitrogens is 3. The predicted molar refractivity (Wildman–Crippen MR) is 122 cm³/mol. The van der Waals surface area contributed by atoms with Gasteiger partial charge in [0.25, 0.3) is 0 Å². The monoisotopic (exact) mass is 414 g/mol. The minimum Gasteiger partial charge on any atom is -0.370 e.